The molecular formula is C19H29N. The van der Waals surface area contributed by atoms with Crippen molar-refractivity contribution in [3.8, 4) is 0 Å². The standard InChI is InChI=1S/C10H15N.C9H14/c1-7(2)10-5-8(3)6-11-9(10)4;1-5-6-7-9(4)8(2)3/h5-7H,1-4H3;5-8H,1,4H2,2-3H3/b;7-6-. The smallest absolute Gasteiger partial charge is 0.0407 e. The zero-order valence-electron chi connectivity index (χ0n) is 13.9. The van der Waals surface area contributed by atoms with Crippen LogP contribution in [0.15, 0.2) is 49.2 Å². The van der Waals surface area contributed by atoms with Crippen LogP contribution in [0.3, 0.4) is 0 Å². The van der Waals surface area contributed by atoms with Gasteiger partial charge in [-0.2, -0.15) is 0 Å². The molecule has 0 amide bonds. The number of pyridine rings is 1. The molecule has 0 N–H and O–H groups in total. The maximum Gasteiger partial charge on any atom is 0.0407 e. The quantitative estimate of drug-likeness (QED) is 0.634. The van der Waals surface area contributed by atoms with E-state index in [-0.39, 0.29) is 0 Å². The molecule has 1 rings (SSSR count). The highest BCUT2D eigenvalue weighted by Gasteiger charge is 2.03. The van der Waals surface area contributed by atoms with Crippen LogP contribution in [0.1, 0.15) is 50.4 Å². The predicted molar refractivity (Wildman–Crippen MR) is 91.1 cm³/mol. The lowest BCUT2D eigenvalue weighted by atomic mass is 10.0. The van der Waals surface area contributed by atoms with Gasteiger partial charge in [0.15, 0.2) is 0 Å². The molecular weight excluding hydrogens is 242 g/mol. The zero-order valence-corrected chi connectivity index (χ0v) is 13.9. The van der Waals surface area contributed by atoms with Gasteiger partial charge < -0.3 is 0 Å². The highest BCUT2D eigenvalue weighted by Crippen LogP contribution is 2.17. The van der Waals surface area contributed by atoms with Crippen molar-refractivity contribution in [3.05, 3.63) is 66.0 Å². The van der Waals surface area contributed by atoms with E-state index in [4.69, 9.17) is 0 Å². The minimum atomic E-state index is 0.543. The molecule has 1 aromatic rings. The van der Waals surface area contributed by atoms with Crippen LogP contribution in [-0.4, -0.2) is 4.98 Å². The van der Waals surface area contributed by atoms with Crippen LogP contribution in [0.2, 0.25) is 0 Å². The lowest BCUT2D eigenvalue weighted by Gasteiger charge is -2.08. The number of rotatable bonds is 4. The fourth-order valence-corrected chi connectivity index (χ4v) is 1.63. The van der Waals surface area contributed by atoms with Gasteiger partial charge in [0, 0.05) is 11.9 Å². The third kappa shape index (κ3) is 7.08. The Morgan fingerprint density at radius 2 is 1.80 bits per heavy atom. The Kier molecular flexibility index (Phi) is 8.54. The molecule has 1 heterocycles. The summed E-state index contributed by atoms with van der Waals surface area (Å²) in [5.74, 6) is 1.13. The summed E-state index contributed by atoms with van der Waals surface area (Å²) < 4.78 is 0. The van der Waals surface area contributed by atoms with E-state index in [2.05, 4.69) is 65.8 Å². The number of hydrogen-bond acceptors (Lipinski definition) is 1. The van der Waals surface area contributed by atoms with Crippen LogP contribution in [0.25, 0.3) is 0 Å². The van der Waals surface area contributed by atoms with Gasteiger partial charge in [0.1, 0.15) is 0 Å². The summed E-state index contributed by atoms with van der Waals surface area (Å²) in [4.78, 5) is 4.30. The molecule has 110 valence electrons. The number of aryl methyl sites for hydroxylation is 2. The molecule has 1 nitrogen and oxygen atoms in total. The van der Waals surface area contributed by atoms with E-state index in [1.807, 2.05) is 18.3 Å². The van der Waals surface area contributed by atoms with Crippen molar-refractivity contribution in [2.24, 2.45) is 5.92 Å². The van der Waals surface area contributed by atoms with Gasteiger partial charge >= 0.3 is 0 Å². The molecule has 1 aromatic heterocycles. The second kappa shape index (κ2) is 9.30. The summed E-state index contributed by atoms with van der Waals surface area (Å²) in [6.45, 7) is 20.2. The molecule has 0 bridgehead atoms. The van der Waals surface area contributed by atoms with Gasteiger partial charge in [-0.15, -0.1) is 0 Å². The lowest BCUT2D eigenvalue weighted by molar-refractivity contribution is 0.795. The van der Waals surface area contributed by atoms with Crippen molar-refractivity contribution in [1.29, 1.82) is 0 Å². The Balaban J connectivity index is 0.000000370. The molecule has 0 fully saturated rings. The van der Waals surface area contributed by atoms with Crippen molar-refractivity contribution in [2.75, 3.05) is 0 Å². The third-order valence-corrected chi connectivity index (χ3v) is 3.07. The lowest BCUT2D eigenvalue weighted by Crippen LogP contribution is -1.95. The first-order valence-electron chi connectivity index (χ1n) is 7.20. The van der Waals surface area contributed by atoms with Crippen molar-refractivity contribution in [3.63, 3.8) is 0 Å². The van der Waals surface area contributed by atoms with Crippen molar-refractivity contribution in [1.82, 2.24) is 4.98 Å². The average Bonchev–Trinajstić information content (AvgIpc) is 2.39. The Hall–Kier alpha value is -1.63. The summed E-state index contributed by atoms with van der Waals surface area (Å²) >= 11 is 0. The Morgan fingerprint density at radius 3 is 2.20 bits per heavy atom. The van der Waals surface area contributed by atoms with E-state index in [9.17, 15) is 0 Å². The summed E-state index contributed by atoms with van der Waals surface area (Å²) in [7, 11) is 0. The van der Waals surface area contributed by atoms with Gasteiger partial charge in [0.25, 0.3) is 0 Å². The SMILES string of the molecule is C=C/C=C\C(=C)C(C)C.Cc1cnc(C)c(C(C)C)c1. The van der Waals surface area contributed by atoms with Gasteiger partial charge in [-0.05, 0) is 36.8 Å². The molecule has 0 atom stereocenters. The molecule has 0 aromatic carbocycles. The van der Waals surface area contributed by atoms with Gasteiger partial charge in [-0.25, -0.2) is 0 Å². The predicted octanol–water partition coefficient (Wildman–Crippen LogP) is 5.76. The molecule has 20 heavy (non-hydrogen) atoms. The van der Waals surface area contributed by atoms with E-state index in [0.717, 1.165) is 11.3 Å². The molecule has 0 aliphatic carbocycles. The van der Waals surface area contributed by atoms with E-state index in [0.29, 0.717) is 11.8 Å². The highest BCUT2D eigenvalue weighted by atomic mass is 14.7. The second-order valence-electron chi connectivity index (χ2n) is 5.67. The van der Waals surface area contributed by atoms with Gasteiger partial charge in [-0.1, -0.05) is 70.7 Å². The van der Waals surface area contributed by atoms with Crippen LogP contribution in [0, 0.1) is 19.8 Å². The van der Waals surface area contributed by atoms with Crippen LogP contribution >= 0.6 is 0 Å². The molecule has 0 saturated heterocycles. The number of aromatic nitrogens is 1. The van der Waals surface area contributed by atoms with Crippen molar-refractivity contribution >= 4 is 0 Å². The fourth-order valence-electron chi connectivity index (χ4n) is 1.63. The first kappa shape index (κ1) is 18.4. The molecule has 0 unspecified atom stereocenters. The van der Waals surface area contributed by atoms with E-state index in [1.165, 1.54) is 11.1 Å². The fraction of sp³-hybridized carbons (Fsp3) is 0.421. The summed E-state index contributed by atoms with van der Waals surface area (Å²) in [6.07, 6.45) is 7.56. The van der Waals surface area contributed by atoms with E-state index >= 15 is 0 Å². The van der Waals surface area contributed by atoms with Crippen molar-refractivity contribution in [2.45, 2.75) is 47.5 Å². The number of allylic oxidation sites excluding steroid dienone is 4. The molecule has 0 radical (unpaired) electrons. The minimum Gasteiger partial charge on any atom is -0.261 e. The van der Waals surface area contributed by atoms with Crippen LogP contribution in [0.4, 0.5) is 0 Å². The summed E-state index contributed by atoms with van der Waals surface area (Å²) in [6, 6.07) is 2.22. The Bertz CT molecular complexity index is 465. The Morgan fingerprint density at radius 1 is 1.20 bits per heavy atom. The minimum absolute atomic E-state index is 0.543. The normalized spacial score (nSPS) is 10.6. The first-order chi connectivity index (χ1) is 9.29. The maximum absolute atomic E-state index is 4.30. The largest absolute Gasteiger partial charge is 0.261 e. The van der Waals surface area contributed by atoms with Crippen molar-refractivity contribution < 1.29 is 0 Å². The van der Waals surface area contributed by atoms with Gasteiger partial charge in [0.05, 0.1) is 0 Å². The van der Waals surface area contributed by atoms with Gasteiger partial charge in [0.2, 0.25) is 0 Å². The zero-order chi connectivity index (χ0) is 15.7. The maximum atomic E-state index is 4.30. The topological polar surface area (TPSA) is 12.9 Å². The van der Waals surface area contributed by atoms with Crippen LogP contribution in [-0.2, 0) is 0 Å². The summed E-state index contributed by atoms with van der Waals surface area (Å²) in [5, 5.41) is 0. The third-order valence-electron chi connectivity index (χ3n) is 3.07. The molecule has 0 aliphatic heterocycles. The number of nitrogens with zero attached hydrogens (tertiary/aromatic N) is 1. The van der Waals surface area contributed by atoms with E-state index in [1.54, 1.807) is 6.08 Å². The second-order valence-corrected chi connectivity index (χ2v) is 5.67. The van der Waals surface area contributed by atoms with Crippen LogP contribution < -0.4 is 0 Å². The molecule has 1 heteroatoms. The average molecular weight is 271 g/mol. The highest BCUT2D eigenvalue weighted by molar-refractivity contribution is 5.26. The monoisotopic (exact) mass is 271 g/mol. The molecule has 0 saturated carbocycles. The van der Waals surface area contributed by atoms with Crippen LogP contribution in [0.5, 0.6) is 0 Å². The molecule has 0 aliphatic rings. The first-order valence-corrected chi connectivity index (χ1v) is 7.20. The number of hydrogen-bond donors (Lipinski definition) is 0. The van der Waals surface area contributed by atoms with E-state index < -0.39 is 0 Å². The molecule has 0 spiro atoms. The van der Waals surface area contributed by atoms with Gasteiger partial charge in [-0.3, -0.25) is 4.98 Å². The Labute approximate surface area is 125 Å². The summed E-state index contributed by atoms with van der Waals surface area (Å²) in [5.41, 5.74) is 4.92.